The van der Waals surface area contributed by atoms with Crippen LogP contribution in [-0.2, 0) is 14.3 Å². The minimum atomic E-state index is -0.419. The third-order valence-corrected chi connectivity index (χ3v) is 3.91. The van der Waals surface area contributed by atoms with E-state index in [0.717, 1.165) is 12.8 Å². The van der Waals surface area contributed by atoms with Crippen molar-refractivity contribution in [2.75, 3.05) is 0 Å². The van der Waals surface area contributed by atoms with Gasteiger partial charge in [0.15, 0.2) is 0 Å². The van der Waals surface area contributed by atoms with E-state index in [-0.39, 0.29) is 35.8 Å². The van der Waals surface area contributed by atoms with Gasteiger partial charge in [-0.2, -0.15) is 0 Å². The van der Waals surface area contributed by atoms with E-state index in [4.69, 9.17) is 4.74 Å². The van der Waals surface area contributed by atoms with Crippen LogP contribution in [0.4, 0.5) is 0 Å². The molecule has 0 spiro atoms. The number of hydrogen-bond acceptors (Lipinski definition) is 3. The fourth-order valence-electron chi connectivity index (χ4n) is 3.39. The minimum absolute atomic E-state index is 0. The number of nitrogens with one attached hydrogen (secondary N) is 1. The number of amides is 1. The second-order valence-corrected chi connectivity index (χ2v) is 6.63. The van der Waals surface area contributed by atoms with Gasteiger partial charge in [-0.1, -0.05) is 20.8 Å². The van der Waals surface area contributed by atoms with E-state index in [0.29, 0.717) is 18.8 Å². The molecule has 19 heavy (non-hydrogen) atoms. The molecule has 1 aliphatic heterocycles. The van der Waals surface area contributed by atoms with E-state index in [9.17, 15) is 9.59 Å². The molecule has 2 aliphatic rings. The first-order chi connectivity index (χ1) is 8.35. The molecule has 4 nitrogen and oxygen atoms in total. The van der Waals surface area contributed by atoms with Crippen LogP contribution in [0.2, 0.25) is 0 Å². The quantitative estimate of drug-likeness (QED) is 0.795. The molecule has 3 atom stereocenters. The molecule has 1 N–H and O–H groups in total. The summed E-state index contributed by atoms with van der Waals surface area (Å²) in [5.41, 5.74) is 0.238. The van der Waals surface area contributed by atoms with Crippen molar-refractivity contribution in [2.45, 2.75) is 65.0 Å². The highest BCUT2D eigenvalue weighted by atomic mass is 35.5. The van der Waals surface area contributed by atoms with Crippen molar-refractivity contribution in [3.63, 3.8) is 0 Å². The van der Waals surface area contributed by atoms with Crippen LogP contribution >= 0.6 is 12.4 Å². The zero-order chi connectivity index (χ0) is 13.3. The summed E-state index contributed by atoms with van der Waals surface area (Å²) < 4.78 is 5.58. The molecule has 2 rings (SSSR count). The van der Waals surface area contributed by atoms with Crippen LogP contribution in [0, 0.1) is 11.3 Å². The summed E-state index contributed by atoms with van der Waals surface area (Å²) in [6.07, 6.45) is 4.06. The first-order valence-electron chi connectivity index (χ1n) is 6.85. The lowest BCUT2D eigenvalue weighted by atomic mass is 9.71. The molecule has 2 fully saturated rings. The van der Waals surface area contributed by atoms with E-state index < -0.39 is 6.04 Å². The minimum Gasteiger partial charge on any atom is -0.461 e. The monoisotopic (exact) mass is 289 g/mol. The van der Waals surface area contributed by atoms with Gasteiger partial charge < -0.3 is 10.1 Å². The number of carbonyl (C=O) groups excluding carboxylic acids is 2. The highest BCUT2D eigenvalue weighted by Crippen LogP contribution is 2.39. The summed E-state index contributed by atoms with van der Waals surface area (Å²) in [6, 6.07) is -0.419. The summed E-state index contributed by atoms with van der Waals surface area (Å²) in [5, 5.41) is 2.66. The van der Waals surface area contributed by atoms with E-state index in [1.807, 2.05) is 0 Å². The molecular formula is C14H24ClNO3. The SMILES string of the molecule is CC1CC(OC(=O)C2CCC(=O)N2)CC(C)(C)C1.Cl. The van der Waals surface area contributed by atoms with Gasteiger partial charge in [0.1, 0.15) is 12.1 Å². The highest BCUT2D eigenvalue weighted by Gasteiger charge is 2.36. The second kappa shape index (κ2) is 6.12. The molecule has 0 aromatic rings. The standard InChI is InChI=1S/C14H23NO3.ClH/c1-9-6-10(8-14(2,3)7-9)18-13(17)11-4-5-12(16)15-11;/h9-11H,4-8H2,1-3H3,(H,15,16);1H. The van der Waals surface area contributed by atoms with Gasteiger partial charge >= 0.3 is 5.97 Å². The normalized spacial score (nSPS) is 33.2. The maximum absolute atomic E-state index is 11.9. The lowest BCUT2D eigenvalue weighted by Crippen LogP contribution is -2.40. The van der Waals surface area contributed by atoms with Crippen LogP contribution < -0.4 is 5.32 Å². The Morgan fingerprint density at radius 2 is 2.05 bits per heavy atom. The number of esters is 1. The van der Waals surface area contributed by atoms with Gasteiger partial charge in [0, 0.05) is 6.42 Å². The van der Waals surface area contributed by atoms with Crippen LogP contribution in [0.3, 0.4) is 0 Å². The number of ether oxygens (including phenoxy) is 1. The summed E-state index contributed by atoms with van der Waals surface area (Å²) in [4.78, 5) is 23.0. The molecule has 0 aromatic heterocycles. The van der Waals surface area contributed by atoms with Gasteiger partial charge in [0.25, 0.3) is 0 Å². The lowest BCUT2D eigenvalue weighted by molar-refractivity contribution is -0.156. The third-order valence-electron chi connectivity index (χ3n) is 3.91. The molecular weight excluding hydrogens is 266 g/mol. The van der Waals surface area contributed by atoms with Crippen molar-refractivity contribution in [3.05, 3.63) is 0 Å². The van der Waals surface area contributed by atoms with Crippen LogP contribution in [-0.4, -0.2) is 24.0 Å². The Kier molecular flexibility index (Phi) is 5.25. The Bertz CT molecular complexity index is 357. The number of carbonyl (C=O) groups is 2. The zero-order valence-corrected chi connectivity index (χ0v) is 12.7. The maximum atomic E-state index is 11.9. The molecule has 1 saturated carbocycles. The second-order valence-electron chi connectivity index (χ2n) is 6.63. The zero-order valence-electron chi connectivity index (χ0n) is 11.9. The van der Waals surface area contributed by atoms with E-state index in [1.54, 1.807) is 0 Å². The third kappa shape index (κ3) is 4.37. The molecule has 0 bridgehead atoms. The van der Waals surface area contributed by atoms with Crippen LogP contribution in [0.1, 0.15) is 52.9 Å². The summed E-state index contributed by atoms with van der Waals surface area (Å²) in [7, 11) is 0. The van der Waals surface area contributed by atoms with Crippen molar-refractivity contribution in [1.82, 2.24) is 5.32 Å². The highest BCUT2D eigenvalue weighted by molar-refractivity contribution is 5.88. The number of halogens is 1. The van der Waals surface area contributed by atoms with Crippen LogP contribution in [0.25, 0.3) is 0 Å². The fraction of sp³-hybridized carbons (Fsp3) is 0.857. The average molecular weight is 290 g/mol. The number of rotatable bonds is 2. The van der Waals surface area contributed by atoms with Gasteiger partial charge in [-0.15, -0.1) is 12.4 Å². The van der Waals surface area contributed by atoms with Crippen LogP contribution in [0.5, 0.6) is 0 Å². The van der Waals surface area contributed by atoms with Gasteiger partial charge in [0.2, 0.25) is 5.91 Å². The maximum Gasteiger partial charge on any atom is 0.328 e. The van der Waals surface area contributed by atoms with Gasteiger partial charge in [-0.25, -0.2) is 4.79 Å². The van der Waals surface area contributed by atoms with Crippen LogP contribution in [0.15, 0.2) is 0 Å². The topological polar surface area (TPSA) is 55.4 Å². The van der Waals surface area contributed by atoms with E-state index >= 15 is 0 Å². The molecule has 1 aliphatic carbocycles. The van der Waals surface area contributed by atoms with E-state index in [2.05, 4.69) is 26.1 Å². The molecule has 5 heteroatoms. The predicted molar refractivity (Wildman–Crippen MR) is 75.1 cm³/mol. The summed E-state index contributed by atoms with van der Waals surface area (Å²) in [5.74, 6) is 0.287. The molecule has 0 radical (unpaired) electrons. The van der Waals surface area contributed by atoms with Gasteiger partial charge in [-0.3, -0.25) is 4.79 Å². The van der Waals surface area contributed by atoms with E-state index in [1.165, 1.54) is 6.42 Å². The smallest absolute Gasteiger partial charge is 0.328 e. The van der Waals surface area contributed by atoms with Crippen molar-refractivity contribution in [2.24, 2.45) is 11.3 Å². The van der Waals surface area contributed by atoms with Crippen molar-refractivity contribution in [3.8, 4) is 0 Å². The lowest BCUT2D eigenvalue weighted by Gasteiger charge is -2.38. The first-order valence-corrected chi connectivity index (χ1v) is 6.85. The summed E-state index contributed by atoms with van der Waals surface area (Å²) in [6.45, 7) is 6.65. The Morgan fingerprint density at radius 1 is 1.37 bits per heavy atom. The Morgan fingerprint density at radius 3 is 2.58 bits per heavy atom. The molecule has 0 aromatic carbocycles. The molecule has 1 saturated heterocycles. The van der Waals surface area contributed by atoms with Gasteiger partial charge in [0.05, 0.1) is 0 Å². The average Bonchev–Trinajstić information content (AvgIpc) is 2.61. The molecule has 110 valence electrons. The first kappa shape index (κ1) is 16.3. The van der Waals surface area contributed by atoms with Crippen molar-refractivity contribution in [1.29, 1.82) is 0 Å². The van der Waals surface area contributed by atoms with Gasteiger partial charge in [-0.05, 0) is 37.0 Å². The Labute approximate surface area is 121 Å². The molecule has 3 unspecified atom stereocenters. The molecule has 1 heterocycles. The predicted octanol–water partition coefficient (Wildman–Crippen LogP) is 2.44. The largest absolute Gasteiger partial charge is 0.461 e. The Hall–Kier alpha value is -0.770. The number of hydrogen-bond donors (Lipinski definition) is 1. The Balaban J connectivity index is 0.00000180. The molecule has 1 amide bonds. The van der Waals surface area contributed by atoms with Crippen molar-refractivity contribution >= 4 is 24.3 Å². The van der Waals surface area contributed by atoms with Crippen molar-refractivity contribution < 1.29 is 14.3 Å². The summed E-state index contributed by atoms with van der Waals surface area (Å²) >= 11 is 0. The fourth-order valence-corrected chi connectivity index (χ4v) is 3.39.